The molecule has 1 N–H and O–H groups in total. The Morgan fingerprint density at radius 3 is 2.70 bits per heavy atom. The Bertz CT molecular complexity index is 954. The smallest absolute Gasteiger partial charge is 0.311 e. The largest absolute Gasteiger partial charge is 0.455 e. The molecule has 30 heavy (non-hydrogen) atoms. The van der Waals surface area contributed by atoms with E-state index in [0.29, 0.717) is 0 Å². The van der Waals surface area contributed by atoms with Crippen LogP contribution in [-0.4, -0.2) is 30.9 Å². The van der Waals surface area contributed by atoms with Gasteiger partial charge in [0.1, 0.15) is 0 Å². The van der Waals surface area contributed by atoms with E-state index in [1.807, 2.05) is 49.4 Å². The summed E-state index contributed by atoms with van der Waals surface area (Å²) in [7, 11) is 0. The first-order valence-electron chi connectivity index (χ1n) is 10.4. The van der Waals surface area contributed by atoms with Gasteiger partial charge >= 0.3 is 5.97 Å². The molecule has 0 aromatic heterocycles. The number of fused-ring (bicyclic) bond motifs is 1. The third kappa shape index (κ3) is 4.37. The van der Waals surface area contributed by atoms with E-state index in [4.69, 9.17) is 4.74 Å². The SMILES string of the molecule is Cc1ccc(N2C[C@H](C(=O)OCC(=O)N[C@@H]3CCCc4ccccc43)CC2=O)cc1. The van der Waals surface area contributed by atoms with Crippen molar-refractivity contribution in [2.75, 3.05) is 18.1 Å². The van der Waals surface area contributed by atoms with Crippen molar-refractivity contribution in [3.63, 3.8) is 0 Å². The van der Waals surface area contributed by atoms with Crippen molar-refractivity contribution in [2.24, 2.45) is 5.92 Å². The first-order chi connectivity index (χ1) is 14.5. The first kappa shape index (κ1) is 20.1. The standard InChI is InChI=1S/C24H26N2O4/c1-16-9-11-19(12-10-16)26-14-18(13-23(26)28)24(29)30-15-22(27)25-21-8-4-6-17-5-2-3-7-20(17)21/h2-3,5,7,9-12,18,21H,4,6,8,13-15H2,1H3,(H,25,27)/t18-,21-/m1/s1. The van der Waals surface area contributed by atoms with E-state index in [2.05, 4.69) is 11.4 Å². The fourth-order valence-corrected chi connectivity index (χ4v) is 4.23. The van der Waals surface area contributed by atoms with Gasteiger partial charge in [-0.3, -0.25) is 14.4 Å². The van der Waals surface area contributed by atoms with Gasteiger partial charge in [-0.25, -0.2) is 0 Å². The lowest BCUT2D eigenvalue weighted by Crippen LogP contribution is -2.35. The van der Waals surface area contributed by atoms with Crippen molar-refractivity contribution in [1.82, 2.24) is 5.32 Å². The lowest BCUT2D eigenvalue weighted by molar-refractivity contribution is -0.152. The summed E-state index contributed by atoms with van der Waals surface area (Å²) in [6, 6.07) is 15.7. The summed E-state index contributed by atoms with van der Waals surface area (Å²) in [6.45, 7) is 1.93. The van der Waals surface area contributed by atoms with Crippen LogP contribution in [0.2, 0.25) is 0 Å². The highest BCUT2D eigenvalue weighted by atomic mass is 16.5. The van der Waals surface area contributed by atoms with E-state index >= 15 is 0 Å². The van der Waals surface area contributed by atoms with Crippen LogP contribution in [0.15, 0.2) is 48.5 Å². The molecule has 2 aromatic carbocycles. The second kappa shape index (κ2) is 8.69. The molecule has 6 heteroatoms. The Morgan fingerprint density at radius 2 is 1.90 bits per heavy atom. The topological polar surface area (TPSA) is 75.7 Å². The molecule has 1 fully saturated rings. The van der Waals surface area contributed by atoms with Gasteiger partial charge in [0.2, 0.25) is 5.91 Å². The second-order valence-corrected chi connectivity index (χ2v) is 8.06. The quantitative estimate of drug-likeness (QED) is 0.775. The number of rotatable bonds is 5. The minimum Gasteiger partial charge on any atom is -0.455 e. The average Bonchev–Trinajstić information content (AvgIpc) is 3.14. The summed E-state index contributed by atoms with van der Waals surface area (Å²) in [4.78, 5) is 38.7. The molecule has 2 aliphatic rings. The van der Waals surface area contributed by atoms with Gasteiger partial charge in [0.15, 0.2) is 6.61 Å². The number of nitrogens with zero attached hydrogens (tertiary/aromatic N) is 1. The van der Waals surface area contributed by atoms with Crippen LogP contribution in [0.25, 0.3) is 0 Å². The van der Waals surface area contributed by atoms with Crippen molar-refractivity contribution in [3.8, 4) is 0 Å². The van der Waals surface area contributed by atoms with E-state index in [-0.39, 0.29) is 37.4 Å². The van der Waals surface area contributed by atoms with Gasteiger partial charge in [-0.15, -0.1) is 0 Å². The van der Waals surface area contributed by atoms with Crippen molar-refractivity contribution in [1.29, 1.82) is 0 Å². The van der Waals surface area contributed by atoms with Crippen LogP contribution in [0.4, 0.5) is 5.69 Å². The Balaban J connectivity index is 1.29. The van der Waals surface area contributed by atoms with E-state index in [1.165, 1.54) is 5.56 Å². The normalized spacial score (nSPS) is 20.6. The molecule has 1 heterocycles. The molecule has 0 bridgehead atoms. The minimum absolute atomic E-state index is 0.0498. The number of carbonyl (C=O) groups is 3. The van der Waals surface area contributed by atoms with E-state index in [1.54, 1.807) is 4.90 Å². The van der Waals surface area contributed by atoms with Crippen molar-refractivity contribution in [3.05, 3.63) is 65.2 Å². The summed E-state index contributed by atoms with van der Waals surface area (Å²) in [5.74, 6) is -1.48. The highest BCUT2D eigenvalue weighted by Gasteiger charge is 2.36. The van der Waals surface area contributed by atoms with Gasteiger partial charge < -0.3 is 15.0 Å². The molecule has 6 nitrogen and oxygen atoms in total. The number of amides is 2. The van der Waals surface area contributed by atoms with Crippen LogP contribution in [0.5, 0.6) is 0 Å². The molecule has 156 valence electrons. The first-order valence-corrected chi connectivity index (χ1v) is 10.4. The number of aryl methyl sites for hydroxylation is 2. The maximum absolute atomic E-state index is 12.4. The van der Waals surface area contributed by atoms with Crippen LogP contribution in [-0.2, 0) is 25.5 Å². The summed E-state index contributed by atoms with van der Waals surface area (Å²) in [5, 5.41) is 2.98. The second-order valence-electron chi connectivity index (χ2n) is 8.06. The molecule has 0 unspecified atom stereocenters. The van der Waals surface area contributed by atoms with Crippen molar-refractivity contribution >= 4 is 23.5 Å². The van der Waals surface area contributed by atoms with Crippen molar-refractivity contribution in [2.45, 2.75) is 38.6 Å². The lowest BCUT2D eigenvalue weighted by Gasteiger charge is -2.26. The molecule has 0 radical (unpaired) electrons. The monoisotopic (exact) mass is 406 g/mol. The highest BCUT2D eigenvalue weighted by Crippen LogP contribution is 2.29. The fourth-order valence-electron chi connectivity index (χ4n) is 4.23. The zero-order chi connectivity index (χ0) is 21.1. The molecule has 2 amide bonds. The molecule has 4 rings (SSSR count). The maximum atomic E-state index is 12.4. The molecule has 1 aliphatic carbocycles. The van der Waals surface area contributed by atoms with Gasteiger partial charge in [-0.1, -0.05) is 42.0 Å². The van der Waals surface area contributed by atoms with Crippen molar-refractivity contribution < 1.29 is 19.1 Å². The Hall–Kier alpha value is -3.15. The molecule has 2 aromatic rings. The molecule has 1 aliphatic heterocycles. The van der Waals surface area contributed by atoms with Gasteiger partial charge in [0.05, 0.1) is 12.0 Å². The van der Waals surface area contributed by atoms with E-state index in [9.17, 15) is 14.4 Å². The average molecular weight is 406 g/mol. The lowest BCUT2D eigenvalue weighted by atomic mass is 9.88. The van der Waals surface area contributed by atoms with Crippen LogP contribution < -0.4 is 10.2 Å². The Labute approximate surface area is 176 Å². The molecule has 2 atom stereocenters. The van der Waals surface area contributed by atoms with Gasteiger partial charge in [-0.05, 0) is 49.4 Å². The molecule has 0 saturated carbocycles. The predicted octanol–water partition coefficient (Wildman–Crippen LogP) is 3.08. The number of esters is 1. The number of benzene rings is 2. The van der Waals surface area contributed by atoms with E-state index < -0.39 is 11.9 Å². The summed E-state index contributed by atoms with van der Waals surface area (Å²) >= 11 is 0. The maximum Gasteiger partial charge on any atom is 0.311 e. The van der Waals surface area contributed by atoms with E-state index in [0.717, 1.165) is 36.1 Å². The third-order valence-corrected chi connectivity index (χ3v) is 5.85. The minimum atomic E-state index is -0.554. The van der Waals surface area contributed by atoms with Crippen LogP contribution >= 0.6 is 0 Å². The highest BCUT2D eigenvalue weighted by molar-refractivity contribution is 5.99. The molecule has 0 spiro atoms. The number of anilines is 1. The zero-order valence-electron chi connectivity index (χ0n) is 17.1. The third-order valence-electron chi connectivity index (χ3n) is 5.85. The van der Waals surface area contributed by atoms with Gasteiger partial charge in [0, 0.05) is 18.7 Å². The Kier molecular flexibility index (Phi) is 5.84. The molecule has 1 saturated heterocycles. The summed E-state index contributed by atoms with van der Waals surface area (Å²) in [5.41, 5.74) is 4.27. The Morgan fingerprint density at radius 1 is 1.13 bits per heavy atom. The number of nitrogens with one attached hydrogen (secondary N) is 1. The van der Waals surface area contributed by atoms with Crippen LogP contribution in [0.3, 0.4) is 0 Å². The molecular weight excluding hydrogens is 380 g/mol. The number of carbonyl (C=O) groups excluding carboxylic acids is 3. The fraction of sp³-hybridized carbons (Fsp3) is 0.375. The van der Waals surface area contributed by atoms with Crippen LogP contribution in [0, 0.1) is 12.8 Å². The number of ether oxygens (including phenoxy) is 1. The summed E-state index contributed by atoms with van der Waals surface area (Å²) in [6.07, 6.45) is 3.01. The number of hydrogen-bond donors (Lipinski definition) is 1. The number of hydrogen-bond acceptors (Lipinski definition) is 4. The van der Waals surface area contributed by atoms with Crippen LogP contribution in [0.1, 0.15) is 42.0 Å². The zero-order valence-corrected chi connectivity index (χ0v) is 17.1. The van der Waals surface area contributed by atoms with Gasteiger partial charge in [0.25, 0.3) is 5.91 Å². The summed E-state index contributed by atoms with van der Waals surface area (Å²) < 4.78 is 5.24. The predicted molar refractivity (Wildman–Crippen MR) is 113 cm³/mol. The van der Waals surface area contributed by atoms with Gasteiger partial charge in [-0.2, -0.15) is 0 Å². The molecular formula is C24H26N2O4.